The number of hydrogen-bond acceptors (Lipinski definition) is 3. The van der Waals surface area contributed by atoms with Gasteiger partial charge in [-0.05, 0) is 144 Å². The fourth-order valence-electron chi connectivity index (χ4n) is 15.0. The van der Waals surface area contributed by atoms with E-state index in [2.05, 4.69) is 248 Å². The third-order valence-electron chi connectivity index (χ3n) is 18.6. The number of para-hydroxylation sites is 2. The van der Waals surface area contributed by atoms with E-state index in [-0.39, 0.29) is 21.7 Å². The summed E-state index contributed by atoms with van der Waals surface area (Å²) in [5, 5.41) is 4.74. The molecule has 75 heavy (non-hydrogen) atoms. The standard InChI is InChI=1S/C72H55NO2/c1-69(2)52-26-16-12-22-44(52)45-33-30-41(36-54(45)69)73(42-31-34-47-55(37-42)70(3,4)57-39-51(40-20-10-9-11-21-40)67-62(60(47)57)49-24-14-18-28-58(49)74-67)43-32-35-48-56(38-43)72(7,8)66-64(48)68-63(50-25-15-19-29-59(50)75-68)61-46-23-13-17-27-53(46)71(5,6)65(61)66/h9-39H,1-8H3. The van der Waals surface area contributed by atoms with E-state index in [0.717, 1.165) is 55.9 Å². The maximum Gasteiger partial charge on any atom is 0.144 e. The zero-order valence-corrected chi connectivity index (χ0v) is 43.7. The first-order valence-corrected chi connectivity index (χ1v) is 26.7. The molecule has 0 spiro atoms. The molecule has 0 amide bonds. The number of furan rings is 2. The van der Waals surface area contributed by atoms with Crippen molar-refractivity contribution in [1.82, 2.24) is 0 Å². The minimum absolute atomic E-state index is 0.172. The van der Waals surface area contributed by atoms with Gasteiger partial charge < -0.3 is 13.7 Å². The maximum absolute atomic E-state index is 7.11. The molecule has 3 nitrogen and oxygen atoms in total. The molecule has 0 saturated carbocycles. The van der Waals surface area contributed by atoms with Crippen LogP contribution in [0, 0.1) is 0 Å². The number of benzene rings is 10. The maximum atomic E-state index is 7.11. The van der Waals surface area contributed by atoms with Crippen LogP contribution in [0.3, 0.4) is 0 Å². The van der Waals surface area contributed by atoms with Crippen LogP contribution in [0.5, 0.6) is 0 Å². The lowest BCUT2D eigenvalue weighted by Crippen LogP contribution is -2.24. The molecule has 0 saturated heterocycles. The van der Waals surface area contributed by atoms with Crippen molar-refractivity contribution in [3.05, 3.63) is 233 Å². The lowest BCUT2D eigenvalue weighted by Gasteiger charge is -2.32. The fraction of sp³-hybridized carbons (Fsp3) is 0.167. The molecule has 0 bridgehead atoms. The minimum atomic E-state index is -0.360. The molecule has 16 rings (SSSR count). The molecule has 0 fully saturated rings. The molecule has 2 heterocycles. The fourth-order valence-corrected chi connectivity index (χ4v) is 15.0. The molecule has 2 aromatic heterocycles. The van der Waals surface area contributed by atoms with Gasteiger partial charge in [0.05, 0.1) is 0 Å². The van der Waals surface area contributed by atoms with Gasteiger partial charge in [0.15, 0.2) is 0 Å². The molecule has 0 radical (unpaired) electrons. The molecule has 10 aromatic carbocycles. The van der Waals surface area contributed by atoms with E-state index in [1.165, 1.54) is 105 Å². The quantitative estimate of drug-likeness (QED) is 0.176. The van der Waals surface area contributed by atoms with Crippen LogP contribution in [0.25, 0.3) is 99.5 Å². The van der Waals surface area contributed by atoms with Crippen LogP contribution >= 0.6 is 0 Å². The Morgan fingerprint density at radius 1 is 0.307 bits per heavy atom. The average Bonchev–Trinajstić information content (AvgIpc) is 4.42. The van der Waals surface area contributed by atoms with Gasteiger partial charge in [-0.1, -0.05) is 189 Å². The highest BCUT2D eigenvalue weighted by Gasteiger charge is 2.49. The zero-order valence-electron chi connectivity index (χ0n) is 43.7. The third kappa shape index (κ3) is 5.36. The average molecular weight is 966 g/mol. The summed E-state index contributed by atoms with van der Waals surface area (Å²) in [6.07, 6.45) is 0. The Morgan fingerprint density at radius 2 is 0.733 bits per heavy atom. The topological polar surface area (TPSA) is 29.5 Å². The van der Waals surface area contributed by atoms with Crippen LogP contribution in [0.15, 0.2) is 197 Å². The Labute approximate surface area is 437 Å². The number of rotatable bonds is 4. The van der Waals surface area contributed by atoms with Crippen LogP contribution in [0.1, 0.15) is 99.9 Å². The summed E-state index contributed by atoms with van der Waals surface area (Å²) < 4.78 is 14.0. The lowest BCUT2D eigenvalue weighted by atomic mass is 9.72. The van der Waals surface area contributed by atoms with E-state index in [4.69, 9.17) is 8.83 Å². The van der Waals surface area contributed by atoms with Gasteiger partial charge >= 0.3 is 0 Å². The molecule has 4 aliphatic rings. The molecule has 0 atom stereocenters. The van der Waals surface area contributed by atoms with Gasteiger partial charge in [-0.2, -0.15) is 0 Å². The number of hydrogen-bond donors (Lipinski definition) is 0. The van der Waals surface area contributed by atoms with Crippen LogP contribution in [-0.2, 0) is 21.7 Å². The number of fused-ring (bicyclic) bond motifs is 22. The second-order valence-electron chi connectivity index (χ2n) is 23.9. The van der Waals surface area contributed by atoms with E-state index in [1.807, 2.05) is 0 Å². The summed E-state index contributed by atoms with van der Waals surface area (Å²) in [4.78, 5) is 2.54. The summed E-state index contributed by atoms with van der Waals surface area (Å²) in [5.41, 5.74) is 29.5. The summed E-state index contributed by atoms with van der Waals surface area (Å²) in [6.45, 7) is 19.4. The van der Waals surface area contributed by atoms with Crippen molar-refractivity contribution >= 4 is 60.9 Å². The van der Waals surface area contributed by atoms with Crippen molar-refractivity contribution in [2.75, 3.05) is 4.90 Å². The normalized spacial score (nSPS) is 16.2. The molecule has 4 aliphatic carbocycles. The lowest BCUT2D eigenvalue weighted by molar-refractivity contribution is 0.600. The molecule has 0 unspecified atom stereocenters. The highest BCUT2D eigenvalue weighted by atomic mass is 16.3. The number of anilines is 3. The highest BCUT2D eigenvalue weighted by molar-refractivity contribution is 6.21. The summed E-state index contributed by atoms with van der Waals surface area (Å²) in [6, 6.07) is 70.2. The van der Waals surface area contributed by atoms with Crippen LogP contribution in [0.2, 0.25) is 0 Å². The molecular formula is C72H55NO2. The first kappa shape index (κ1) is 43.0. The van der Waals surface area contributed by atoms with Crippen LogP contribution < -0.4 is 4.90 Å². The van der Waals surface area contributed by atoms with Gasteiger partial charge in [-0.3, -0.25) is 0 Å². The first-order chi connectivity index (χ1) is 36.2. The van der Waals surface area contributed by atoms with Crippen LogP contribution in [-0.4, -0.2) is 0 Å². The van der Waals surface area contributed by atoms with Gasteiger partial charge in [0.2, 0.25) is 0 Å². The molecule has 3 heteroatoms. The van der Waals surface area contributed by atoms with Gasteiger partial charge in [-0.15, -0.1) is 0 Å². The monoisotopic (exact) mass is 965 g/mol. The Bertz CT molecular complexity index is 4530. The third-order valence-corrected chi connectivity index (χ3v) is 18.6. The summed E-state index contributed by atoms with van der Waals surface area (Å²) in [7, 11) is 0. The van der Waals surface area contributed by atoms with Crippen molar-refractivity contribution in [3.8, 4) is 55.6 Å². The number of nitrogens with zero attached hydrogens (tertiary/aromatic N) is 1. The molecule has 0 aliphatic heterocycles. The van der Waals surface area contributed by atoms with Crippen LogP contribution in [0.4, 0.5) is 17.1 Å². The Hall–Kier alpha value is -8.40. The largest absolute Gasteiger partial charge is 0.455 e. The van der Waals surface area contributed by atoms with E-state index in [9.17, 15) is 0 Å². The second-order valence-corrected chi connectivity index (χ2v) is 23.9. The Balaban J connectivity index is 0.934. The van der Waals surface area contributed by atoms with E-state index in [0.29, 0.717) is 0 Å². The van der Waals surface area contributed by atoms with Crippen molar-refractivity contribution in [2.24, 2.45) is 0 Å². The van der Waals surface area contributed by atoms with Gasteiger partial charge in [0, 0.05) is 71.4 Å². The van der Waals surface area contributed by atoms with Crippen molar-refractivity contribution < 1.29 is 8.83 Å². The molecule has 360 valence electrons. The predicted molar refractivity (Wildman–Crippen MR) is 311 cm³/mol. The summed E-state index contributed by atoms with van der Waals surface area (Å²) in [5.74, 6) is 0. The SMILES string of the molecule is CC1(C)c2ccccc2-c2ccc(N(c3ccc4c(c3)C(C)(C)c3cc(-c5ccccc5)c5oc6ccccc6c5c3-4)c3ccc4c(c3)C(C)(C)c3c5c(c6c(oc7ccccc76)c3-4)-c3ccccc3C5(C)C)cc21. The van der Waals surface area contributed by atoms with Gasteiger partial charge in [0.25, 0.3) is 0 Å². The van der Waals surface area contributed by atoms with Crippen molar-refractivity contribution in [2.45, 2.75) is 77.0 Å². The zero-order chi connectivity index (χ0) is 50.7. The molecular weight excluding hydrogens is 911 g/mol. The Kier molecular flexibility index (Phi) is 8.18. The van der Waals surface area contributed by atoms with E-state index >= 15 is 0 Å². The van der Waals surface area contributed by atoms with Gasteiger partial charge in [-0.25, -0.2) is 0 Å². The van der Waals surface area contributed by atoms with Crippen molar-refractivity contribution in [1.29, 1.82) is 0 Å². The van der Waals surface area contributed by atoms with E-state index < -0.39 is 0 Å². The van der Waals surface area contributed by atoms with Crippen molar-refractivity contribution in [3.63, 3.8) is 0 Å². The van der Waals surface area contributed by atoms with Gasteiger partial charge in [0.1, 0.15) is 22.3 Å². The summed E-state index contributed by atoms with van der Waals surface area (Å²) >= 11 is 0. The Morgan fingerprint density at radius 3 is 1.39 bits per heavy atom. The predicted octanol–water partition coefficient (Wildman–Crippen LogP) is 19.8. The first-order valence-electron chi connectivity index (χ1n) is 26.7. The molecule has 12 aromatic rings. The smallest absolute Gasteiger partial charge is 0.144 e. The second kappa shape index (κ2) is 14.3. The highest BCUT2D eigenvalue weighted by Crippen LogP contribution is 2.64. The molecule has 0 N–H and O–H groups in total. The minimum Gasteiger partial charge on any atom is -0.455 e. The van der Waals surface area contributed by atoms with E-state index in [1.54, 1.807) is 0 Å².